The molecular weight excluding hydrogens is 486 g/mol. The molecule has 1 spiro atoms. The van der Waals surface area contributed by atoms with Crippen LogP contribution in [0.15, 0.2) is 24.3 Å². The number of anilines is 1. The summed E-state index contributed by atoms with van der Waals surface area (Å²) in [5, 5.41) is 15.1. The molecule has 2 unspecified atom stereocenters. The van der Waals surface area contributed by atoms with Gasteiger partial charge in [-0.3, -0.25) is 14.4 Å². The van der Waals surface area contributed by atoms with Gasteiger partial charge in [-0.2, -0.15) is 0 Å². The zero-order valence-corrected chi connectivity index (χ0v) is 23.0. The molecule has 3 heterocycles. The Morgan fingerprint density at radius 2 is 1.82 bits per heavy atom. The molecule has 2 bridgehead atoms. The Kier molecular flexibility index (Phi) is 8.98. The second-order valence-corrected chi connectivity index (χ2v) is 11.0. The van der Waals surface area contributed by atoms with Gasteiger partial charge in [-0.1, -0.05) is 26.2 Å². The summed E-state index contributed by atoms with van der Waals surface area (Å²) >= 11 is 0. The van der Waals surface area contributed by atoms with Gasteiger partial charge < -0.3 is 30.1 Å². The lowest BCUT2D eigenvalue weighted by molar-refractivity contribution is -0.145. The Labute approximate surface area is 225 Å². The average molecular weight is 530 g/mol. The van der Waals surface area contributed by atoms with Crippen LogP contribution in [0.5, 0.6) is 5.75 Å². The summed E-state index contributed by atoms with van der Waals surface area (Å²) in [6, 6.07) is 6.42. The number of nitrogens with one attached hydrogen (secondary N) is 2. The zero-order chi connectivity index (χ0) is 27.3. The fourth-order valence-electron chi connectivity index (χ4n) is 6.62. The van der Waals surface area contributed by atoms with E-state index in [1.54, 1.807) is 29.2 Å². The second-order valence-electron chi connectivity index (χ2n) is 11.0. The number of aliphatic hydroxyl groups excluding tert-OH is 1. The Balaban J connectivity index is 1.57. The topological polar surface area (TPSA) is 117 Å². The van der Waals surface area contributed by atoms with Crippen molar-refractivity contribution in [1.82, 2.24) is 10.2 Å². The fourth-order valence-corrected chi connectivity index (χ4v) is 6.62. The van der Waals surface area contributed by atoms with E-state index in [0.29, 0.717) is 38.2 Å². The quantitative estimate of drug-likeness (QED) is 0.319. The molecule has 0 saturated carbocycles. The molecule has 38 heavy (non-hydrogen) atoms. The number of rotatable bonds is 14. The van der Waals surface area contributed by atoms with E-state index < -0.39 is 29.1 Å². The van der Waals surface area contributed by atoms with Crippen LogP contribution in [-0.4, -0.2) is 71.3 Å². The van der Waals surface area contributed by atoms with Crippen molar-refractivity contribution >= 4 is 23.4 Å². The van der Waals surface area contributed by atoms with Gasteiger partial charge in [-0.25, -0.2) is 0 Å². The number of likely N-dealkylation sites (tertiary alicyclic amines) is 1. The fraction of sp³-hybridized carbons (Fsp3) is 0.690. The molecule has 3 saturated heterocycles. The maximum atomic E-state index is 14.0. The van der Waals surface area contributed by atoms with Gasteiger partial charge in [-0.05, 0) is 70.2 Å². The molecule has 0 aromatic heterocycles. The number of fused-ring (bicyclic) bond motifs is 1. The first-order chi connectivity index (χ1) is 18.3. The number of aliphatic hydroxyl groups is 1. The van der Waals surface area contributed by atoms with Crippen molar-refractivity contribution in [2.45, 2.75) is 89.4 Å². The molecule has 0 aliphatic carbocycles. The largest absolute Gasteiger partial charge is 0.494 e. The average Bonchev–Trinajstić information content (AvgIpc) is 3.46. The predicted octanol–water partition coefficient (Wildman–Crippen LogP) is 3.26. The van der Waals surface area contributed by atoms with Crippen molar-refractivity contribution in [3.8, 4) is 5.75 Å². The van der Waals surface area contributed by atoms with Crippen molar-refractivity contribution in [3.63, 3.8) is 0 Å². The number of nitrogens with zero attached hydrogens (tertiary/aromatic N) is 1. The third-order valence-electron chi connectivity index (χ3n) is 8.38. The van der Waals surface area contributed by atoms with Crippen LogP contribution in [0, 0.1) is 11.8 Å². The van der Waals surface area contributed by atoms with Crippen LogP contribution in [0.4, 0.5) is 5.69 Å². The number of hydrogen-bond acceptors (Lipinski definition) is 6. The lowest BCUT2D eigenvalue weighted by Gasteiger charge is -2.33. The number of benzene rings is 1. The number of ether oxygens (including phenoxy) is 2. The number of amides is 3. The summed E-state index contributed by atoms with van der Waals surface area (Å²) < 4.78 is 12.1. The van der Waals surface area contributed by atoms with E-state index in [1.165, 1.54) is 0 Å². The van der Waals surface area contributed by atoms with Gasteiger partial charge in [0, 0.05) is 25.4 Å². The smallest absolute Gasteiger partial charge is 0.245 e. The first-order valence-corrected chi connectivity index (χ1v) is 14.2. The number of carbonyl (C=O) groups is 3. The lowest BCUT2D eigenvalue weighted by atomic mass is 9.66. The molecule has 9 heteroatoms. The van der Waals surface area contributed by atoms with Crippen LogP contribution >= 0.6 is 0 Å². The molecule has 3 aliphatic rings. The number of carbonyl (C=O) groups excluding carboxylic acids is 3. The normalized spacial score (nSPS) is 29.4. The van der Waals surface area contributed by atoms with Crippen molar-refractivity contribution in [2.24, 2.45) is 11.8 Å². The van der Waals surface area contributed by atoms with Gasteiger partial charge in [0.05, 0.1) is 24.0 Å². The van der Waals surface area contributed by atoms with E-state index in [-0.39, 0.29) is 24.3 Å². The molecule has 3 fully saturated rings. The SMILES string of the molecule is CCCCNC(=O)C1N(CCCCCCO)C(=O)[C@@H]2[C@@H](C(=O)Nc3ccc(OCC)cc3)[C@@]3(C)CCC12O3. The first-order valence-electron chi connectivity index (χ1n) is 14.2. The van der Waals surface area contributed by atoms with Crippen molar-refractivity contribution in [1.29, 1.82) is 0 Å². The van der Waals surface area contributed by atoms with E-state index in [4.69, 9.17) is 14.6 Å². The summed E-state index contributed by atoms with van der Waals surface area (Å²) in [5.74, 6) is -1.30. The second kappa shape index (κ2) is 12.0. The summed E-state index contributed by atoms with van der Waals surface area (Å²) in [6.07, 6.45) is 6.16. The molecule has 210 valence electrons. The van der Waals surface area contributed by atoms with E-state index >= 15 is 0 Å². The summed E-state index contributed by atoms with van der Waals surface area (Å²) in [6.45, 7) is 7.56. The highest BCUT2D eigenvalue weighted by Crippen LogP contribution is 2.63. The molecular formula is C29H43N3O6. The maximum absolute atomic E-state index is 14.0. The predicted molar refractivity (Wildman–Crippen MR) is 144 cm³/mol. The van der Waals surface area contributed by atoms with Crippen LogP contribution in [0.2, 0.25) is 0 Å². The number of hydrogen-bond donors (Lipinski definition) is 3. The molecule has 1 aromatic carbocycles. The van der Waals surface area contributed by atoms with Gasteiger partial charge >= 0.3 is 0 Å². The number of unbranched alkanes of at least 4 members (excludes halogenated alkanes) is 4. The maximum Gasteiger partial charge on any atom is 0.245 e. The highest BCUT2D eigenvalue weighted by atomic mass is 16.5. The zero-order valence-electron chi connectivity index (χ0n) is 23.0. The van der Waals surface area contributed by atoms with Crippen molar-refractivity contribution < 1.29 is 29.0 Å². The van der Waals surface area contributed by atoms with E-state index in [1.807, 2.05) is 13.8 Å². The van der Waals surface area contributed by atoms with Gasteiger partial charge in [-0.15, -0.1) is 0 Å². The lowest BCUT2D eigenvalue weighted by Crippen LogP contribution is -2.55. The first kappa shape index (κ1) is 28.4. The van der Waals surface area contributed by atoms with Gasteiger partial charge in [0.1, 0.15) is 17.4 Å². The van der Waals surface area contributed by atoms with Crippen molar-refractivity contribution in [3.05, 3.63) is 24.3 Å². The Bertz CT molecular complexity index is 1000. The molecule has 9 nitrogen and oxygen atoms in total. The summed E-state index contributed by atoms with van der Waals surface area (Å²) in [4.78, 5) is 42.9. The summed E-state index contributed by atoms with van der Waals surface area (Å²) in [5.41, 5.74) is -1.20. The standard InChI is InChI=1S/C29H43N3O6/c1-4-6-17-30-26(35)24-29-16-15-28(3,38-29)22(23(29)27(36)32(24)18-9-7-8-10-19-33)25(34)31-20-11-13-21(14-12-20)37-5-2/h11-14,22-24,33H,4-10,15-19H2,1-3H3,(H,30,35)(H,31,34)/t22-,23-,24?,28+,29?/m0/s1. The highest BCUT2D eigenvalue weighted by molar-refractivity contribution is 6.02. The van der Waals surface area contributed by atoms with E-state index in [9.17, 15) is 14.4 Å². The molecule has 5 atom stereocenters. The minimum Gasteiger partial charge on any atom is -0.494 e. The van der Waals surface area contributed by atoms with Gasteiger partial charge in [0.2, 0.25) is 17.7 Å². The molecule has 4 rings (SSSR count). The van der Waals surface area contributed by atoms with Crippen LogP contribution in [0.25, 0.3) is 0 Å². The van der Waals surface area contributed by atoms with Crippen LogP contribution < -0.4 is 15.4 Å². The van der Waals surface area contributed by atoms with E-state index in [2.05, 4.69) is 17.6 Å². The molecule has 1 aromatic rings. The molecule has 0 radical (unpaired) electrons. The van der Waals surface area contributed by atoms with Crippen LogP contribution in [-0.2, 0) is 19.1 Å². The van der Waals surface area contributed by atoms with Crippen LogP contribution in [0.3, 0.4) is 0 Å². The minimum atomic E-state index is -1.01. The van der Waals surface area contributed by atoms with Crippen LogP contribution in [0.1, 0.15) is 72.1 Å². The third-order valence-corrected chi connectivity index (χ3v) is 8.38. The molecule has 3 aliphatic heterocycles. The van der Waals surface area contributed by atoms with Crippen molar-refractivity contribution in [2.75, 3.05) is 31.6 Å². The monoisotopic (exact) mass is 529 g/mol. The Hall–Kier alpha value is -2.65. The highest BCUT2D eigenvalue weighted by Gasteiger charge is 2.77. The third kappa shape index (κ3) is 5.27. The minimum absolute atomic E-state index is 0.147. The summed E-state index contributed by atoms with van der Waals surface area (Å²) in [7, 11) is 0. The van der Waals surface area contributed by atoms with E-state index in [0.717, 1.165) is 44.3 Å². The molecule has 3 amide bonds. The Morgan fingerprint density at radius 1 is 1.08 bits per heavy atom. The Morgan fingerprint density at radius 3 is 2.50 bits per heavy atom. The molecule has 3 N–H and O–H groups in total. The van der Waals surface area contributed by atoms with Gasteiger partial charge in [0.15, 0.2) is 0 Å². The van der Waals surface area contributed by atoms with Gasteiger partial charge in [0.25, 0.3) is 0 Å².